The Morgan fingerprint density at radius 2 is 1.95 bits per heavy atom. The first-order valence-electron chi connectivity index (χ1n) is 6.37. The van der Waals surface area contributed by atoms with Crippen LogP contribution in [0.1, 0.15) is 5.56 Å². The number of nitro benzene ring substituents is 1. The van der Waals surface area contributed by atoms with Crippen LogP contribution in [0.4, 0.5) is 5.69 Å². The summed E-state index contributed by atoms with van der Waals surface area (Å²) in [6.07, 6.45) is 2.71. The lowest BCUT2D eigenvalue weighted by Gasteiger charge is -2.04. The molecule has 2 rings (SSSR count). The van der Waals surface area contributed by atoms with Gasteiger partial charge in [0.15, 0.2) is 0 Å². The number of methoxy groups -OCH3 is 1. The topological polar surface area (TPSA) is 69.4 Å². The van der Waals surface area contributed by atoms with E-state index in [9.17, 15) is 14.9 Å². The standard InChI is InChI=1S/C16H13NO4S/c1-21-16(18)10-8-12-7-9-15(14(11-12)17(19)20)22-13-5-3-2-4-6-13/h2-11H,1H3. The van der Waals surface area contributed by atoms with E-state index in [-0.39, 0.29) is 5.69 Å². The van der Waals surface area contributed by atoms with Crippen molar-refractivity contribution >= 4 is 29.5 Å². The Kier molecular flexibility index (Phi) is 5.32. The van der Waals surface area contributed by atoms with Crippen molar-refractivity contribution in [3.05, 3.63) is 70.3 Å². The number of hydrogen-bond donors (Lipinski definition) is 0. The van der Waals surface area contributed by atoms with Gasteiger partial charge < -0.3 is 4.74 Å². The Morgan fingerprint density at radius 1 is 1.23 bits per heavy atom. The molecule has 112 valence electrons. The van der Waals surface area contributed by atoms with Gasteiger partial charge in [-0.25, -0.2) is 4.79 Å². The van der Waals surface area contributed by atoms with Gasteiger partial charge in [0.1, 0.15) is 0 Å². The number of benzene rings is 2. The van der Waals surface area contributed by atoms with E-state index in [0.29, 0.717) is 10.5 Å². The predicted octanol–water partition coefficient (Wildman–Crippen LogP) is 3.93. The minimum atomic E-state index is -0.509. The van der Waals surface area contributed by atoms with E-state index in [2.05, 4.69) is 4.74 Å². The van der Waals surface area contributed by atoms with Crippen LogP contribution in [-0.4, -0.2) is 18.0 Å². The summed E-state index contributed by atoms with van der Waals surface area (Å²) >= 11 is 1.32. The van der Waals surface area contributed by atoms with Gasteiger partial charge in [0.25, 0.3) is 5.69 Å². The maximum atomic E-state index is 11.2. The molecule has 0 unspecified atom stereocenters. The molecular weight excluding hydrogens is 302 g/mol. The Morgan fingerprint density at radius 3 is 2.59 bits per heavy atom. The first-order chi connectivity index (χ1) is 10.6. The molecule has 0 radical (unpaired) electrons. The van der Waals surface area contributed by atoms with Gasteiger partial charge in [-0.05, 0) is 29.8 Å². The second-order valence-corrected chi connectivity index (χ2v) is 5.37. The molecule has 0 amide bonds. The van der Waals surface area contributed by atoms with E-state index in [0.717, 1.165) is 4.90 Å². The maximum Gasteiger partial charge on any atom is 0.330 e. The third kappa shape index (κ3) is 4.20. The van der Waals surface area contributed by atoms with Crippen molar-refractivity contribution in [3.8, 4) is 0 Å². The normalized spacial score (nSPS) is 10.6. The zero-order valence-electron chi connectivity index (χ0n) is 11.8. The second-order valence-electron chi connectivity index (χ2n) is 4.26. The van der Waals surface area contributed by atoms with E-state index in [4.69, 9.17) is 0 Å². The summed E-state index contributed by atoms with van der Waals surface area (Å²) in [6, 6.07) is 14.2. The fourth-order valence-corrected chi connectivity index (χ4v) is 2.64. The molecule has 2 aromatic carbocycles. The van der Waals surface area contributed by atoms with Crippen LogP contribution in [0.3, 0.4) is 0 Å². The summed E-state index contributed by atoms with van der Waals surface area (Å²) in [5.74, 6) is -0.509. The number of carbonyl (C=O) groups excluding carboxylic acids is 1. The molecule has 0 aromatic heterocycles. The minimum Gasteiger partial charge on any atom is -0.466 e. The molecule has 2 aromatic rings. The van der Waals surface area contributed by atoms with Crippen molar-refractivity contribution in [1.29, 1.82) is 0 Å². The van der Waals surface area contributed by atoms with Gasteiger partial charge in [-0.2, -0.15) is 0 Å². The monoisotopic (exact) mass is 315 g/mol. The van der Waals surface area contributed by atoms with Crippen molar-refractivity contribution < 1.29 is 14.5 Å². The van der Waals surface area contributed by atoms with Crippen LogP contribution >= 0.6 is 11.8 Å². The SMILES string of the molecule is COC(=O)C=Cc1ccc(Sc2ccccc2)c([N+](=O)[O-])c1. The van der Waals surface area contributed by atoms with Gasteiger partial charge in [0.2, 0.25) is 0 Å². The highest BCUT2D eigenvalue weighted by molar-refractivity contribution is 7.99. The van der Waals surface area contributed by atoms with Crippen LogP contribution in [0.5, 0.6) is 0 Å². The van der Waals surface area contributed by atoms with Crippen LogP contribution in [0.25, 0.3) is 6.08 Å². The molecule has 0 saturated carbocycles. The highest BCUT2D eigenvalue weighted by Crippen LogP contribution is 2.35. The summed E-state index contributed by atoms with van der Waals surface area (Å²) < 4.78 is 4.49. The number of nitrogens with zero attached hydrogens (tertiary/aromatic N) is 1. The summed E-state index contributed by atoms with van der Waals surface area (Å²) in [5, 5.41) is 11.2. The summed E-state index contributed by atoms with van der Waals surface area (Å²) in [5.41, 5.74) is 0.565. The minimum absolute atomic E-state index is 0.000805. The third-order valence-corrected chi connectivity index (χ3v) is 3.84. The van der Waals surface area contributed by atoms with E-state index >= 15 is 0 Å². The van der Waals surface area contributed by atoms with Crippen molar-refractivity contribution in [1.82, 2.24) is 0 Å². The number of carbonyl (C=O) groups is 1. The molecule has 0 N–H and O–H groups in total. The van der Waals surface area contributed by atoms with Crippen molar-refractivity contribution in [2.24, 2.45) is 0 Å². The van der Waals surface area contributed by atoms with Gasteiger partial charge >= 0.3 is 5.97 Å². The zero-order valence-corrected chi connectivity index (χ0v) is 12.6. The average molecular weight is 315 g/mol. The third-order valence-electron chi connectivity index (χ3n) is 2.76. The number of nitro groups is 1. The fraction of sp³-hybridized carbons (Fsp3) is 0.0625. The molecule has 0 bridgehead atoms. The highest BCUT2D eigenvalue weighted by atomic mass is 32.2. The highest BCUT2D eigenvalue weighted by Gasteiger charge is 2.15. The van der Waals surface area contributed by atoms with Crippen LogP contribution in [0.15, 0.2) is 64.4 Å². The summed E-state index contributed by atoms with van der Waals surface area (Å²) in [7, 11) is 1.27. The lowest BCUT2D eigenvalue weighted by molar-refractivity contribution is -0.387. The number of ether oxygens (including phenoxy) is 1. The van der Waals surface area contributed by atoms with Crippen LogP contribution < -0.4 is 0 Å². The van der Waals surface area contributed by atoms with E-state index in [1.807, 2.05) is 30.3 Å². The lowest BCUT2D eigenvalue weighted by atomic mass is 10.2. The van der Waals surface area contributed by atoms with E-state index in [1.54, 1.807) is 12.1 Å². The molecule has 0 atom stereocenters. The van der Waals surface area contributed by atoms with Crippen molar-refractivity contribution in [3.63, 3.8) is 0 Å². The van der Waals surface area contributed by atoms with E-state index < -0.39 is 10.9 Å². The molecular formula is C16H13NO4S. The molecule has 6 heteroatoms. The quantitative estimate of drug-likeness (QED) is 0.362. The molecule has 0 aliphatic carbocycles. The van der Waals surface area contributed by atoms with Crippen LogP contribution in [0.2, 0.25) is 0 Å². The van der Waals surface area contributed by atoms with Gasteiger partial charge in [0.05, 0.1) is 16.9 Å². The second kappa shape index (κ2) is 7.42. The smallest absolute Gasteiger partial charge is 0.330 e. The van der Waals surface area contributed by atoms with Gasteiger partial charge in [-0.3, -0.25) is 10.1 Å². The fourth-order valence-electron chi connectivity index (χ4n) is 1.71. The first-order valence-corrected chi connectivity index (χ1v) is 7.19. The van der Waals surface area contributed by atoms with Gasteiger partial charge in [0, 0.05) is 17.0 Å². The molecule has 0 aliphatic heterocycles. The van der Waals surface area contributed by atoms with Crippen LogP contribution in [0, 0.1) is 10.1 Å². The Labute approximate surface area is 131 Å². The average Bonchev–Trinajstić information content (AvgIpc) is 2.54. The van der Waals surface area contributed by atoms with Crippen LogP contribution in [-0.2, 0) is 9.53 Å². The maximum absolute atomic E-state index is 11.2. The van der Waals surface area contributed by atoms with Crippen molar-refractivity contribution in [2.75, 3.05) is 7.11 Å². The first kappa shape index (κ1) is 15.8. The van der Waals surface area contributed by atoms with Gasteiger partial charge in [-0.15, -0.1) is 0 Å². The van der Waals surface area contributed by atoms with Gasteiger partial charge in [-0.1, -0.05) is 36.0 Å². The van der Waals surface area contributed by atoms with Crippen molar-refractivity contribution in [2.45, 2.75) is 9.79 Å². The summed E-state index contributed by atoms with van der Waals surface area (Å²) in [4.78, 5) is 23.3. The molecule has 0 fully saturated rings. The number of esters is 1. The molecule has 0 aliphatic rings. The molecule has 0 saturated heterocycles. The Bertz CT molecular complexity index is 713. The largest absolute Gasteiger partial charge is 0.466 e. The van der Waals surface area contributed by atoms with E-state index in [1.165, 1.54) is 37.1 Å². The zero-order chi connectivity index (χ0) is 15.9. The number of rotatable bonds is 5. The molecule has 0 heterocycles. The summed E-state index contributed by atoms with van der Waals surface area (Å²) in [6.45, 7) is 0. The molecule has 22 heavy (non-hydrogen) atoms. The number of hydrogen-bond acceptors (Lipinski definition) is 5. The molecule has 5 nitrogen and oxygen atoms in total. The lowest BCUT2D eigenvalue weighted by Crippen LogP contribution is -1.94. The Balaban J connectivity index is 2.30. The Hall–Kier alpha value is -2.60. The predicted molar refractivity (Wildman–Crippen MR) is 84.7 cm³/mol. The molecule has 0 spiro atoms.